The molecule has 0 saturated carbocycles. The van der Waals surface area contributed by atoms with Gasteiger partial charge in [-0.3, -0.25) is 4.79 Å². The Morgan fingerprint density at radius 3 is 2.41 bits per heavy atom. The molecule has 0 spiro atoms. The Labute approximate surface area is 132 Å². The number of rotatable bonds is 4. The monoisotopic (exact) mass is 341 g/mol. The van der Waals surface area contributed by atoms with Crippen LogP contribution in [0.2, 0.25) is 5.02 Å². The van der Waals surface area contributed by atoms with Crippen LogP contribution in [0.4, 0.5) is 10.1 Å². The number of hydrogen-bond donors (Lipinski definition) is 1. The minimum Gasteiger partial charge on any atom is -0.325 e. The van der Waals surface area contributed by atoms with Crippen molar-refractivity contribution in [1.29, 1.82) is 0 Å². The largest absolute Gasteiger partial charge is 0.325 e. The summed E-state index contributed by atoms with van der Waals surface area (Å²) in [4.78, 5) is 11.9. The van der Waals surface area contributed by atoms with Gasteiger partial charge in [-0.1, -0.05) is 29.3 Å². The van der Waals surface area contributed by atoms with Crippen LogP contribution in [0.15, 0.2) is 47.4 Å². The number of sulfone groups is 1. The third-order valence-corrected chi connectivity index (χ3v) is 4.83. The van der Waals surface area contributed by atoms with Gasteiger partial charge in [-0.2, -0.15) is 0 Å². The number of nitrogens with one attached hydrogen (secondary N) is 1. The van der Waals surface area contributed by atoms with E-state index in [0.717, 1.165) is 11.6 Å². The number of carbonyl (C=O) groups excluding carboxylic acids is 1. The molecule has 7 heteroatoms. The number of amides is 1. The summed E-state index contributed by atoms with van der Waals surface area (Å²) in [5, 5.41) is 2.22. The zero-order valence-corrected chi connectivity index (χ0v) is 13.2. The fraction of sp³-hybridized carbons (Fsp3) is 0.133. The summed E-state index contributed by atoms with van der Waals surface area (Å²) in [6, 6.07) is 9.83. The summed E-state index contributed by atoms with van der Waals surface area (Å²) >= 11 is 5.60. The van der Waals surface area contributed by atoms with Crippen LogP contribution >= 0.6 is 11.6 Å². The van der Waals surface area contributed by atoms with Crippen LogP contribution in [0.25, 0.3) is 0 Å². The molecule has 116 valence electrons. The Morgan fingerprint density at radius 1 is 1.18 bits per heavy atom. The normalized spacial score (nSPS) is 11.2. The highest BCUT2D eigenvalue weighted by molar-refractivity contribution is 7.92. The Bertz CT molecular complexity index is 804. The molecule has 1 N–H and O–H groups in total. The number of hydrogen-bond acceptors (Lipinski definition) is 3. The Morgan fingerprint density at radius 2 is 1.82 bits per heavy atom. The van der Waals surface area contributed by atoms with Gasteiger partial charge >= 0.3 is 0 Å². The van der Waals surface area contributed by atoms with E-state index in [0.29, 0.717) is 0 Å². The molecule has 0 aliphatic heterocycles. The maximum atomic E-state index is 13.0. The van der Waals surface area contributed by atoms with Crippen molar-refractivity contribution < 1.29 is 17.6 Å². The van der Waals surface area contributed by atoms with Crippen molar-refractivity contribution in [3.63, 3.8) is 0 Å². The van der Waals surface area contributed by atoms with Crippen LogP contribution in [-0.2, 0) is 14.6 Å². The van der Waals surface area contributed by atoms with Gasteiger partial charge in [-0.25, -0.2) is 12.8 Å². The fourth-order valence-corrected chi connectivity index (χ4v) is 3.09. The number of benzene rings is 2. The molecule has 4 nitrogen and oxygen atoms in total. The van der Waals surface area contributed by atoms with Crippen LogP contribution in [-0.4, -0.2) is 20.1 Å². The molecular weight excluding hydrogens is 329 g/mol. The lowest BCUT2D eigenvalue weighted by atomic mass is 10.2. The van der Waals surface area contributed by atoms with E-state index >= 15 is 0 Å². The SMILES string of the molecule is Cc1ccc(S(=O)(=O)CC(=O)Nc2ccc(F)c(Cl)c2)cc1. The molecule has 0 saturated heterocycles. The Hall–Kier alpha value is -1.92. The van der Waals surface area contributed by atoms with Gasteiger partial charge in [0.25, 0.3) is 0 Å². The first-order valence-corrected chi connectivity index (χ1v) is 8.35. The molecule has 0 aromatic heterocycles. The summed E-state index contributed by atoms with van der Waals surface area (Å²) in [5.74, 6) is -2.04. The Kier molecular flexibility index (Phi) is 4.83. The van der Waals surface area contributed by atoms with E-state index in [9.17, 15) is 17.6 Å². The highest BCUT2D eigenvalue weighted by Crippen LogP contribution is 2.19. The second-order valence-corrected chi connectivity index (χ2v) is 7.15. The first kappa shape index (κ1) is 16.5. The lowest BCUT2D eigenvalue weighted by molar-refractivity contribution is -0.113. The zero-order chi connectivity index (χ0) is 16.3. The molecule has 0 aliphatic rings. The summed E-state index contributed by atoms with van der Waals surface area (Å²) in [6.07, 6.45) is 0. The molecule has 0 radical (unpaired) electrons. The van der Waals surface area contributed by atoms with Crippen molar-refractivity contribution in [2.24, 2.45) is 0 Å². The van der Waals surface area contributed by atoms with Crippen molar-refractivity contribution in [3.8, 4) is 0 Å². The van der Waals surface area contributed by atoms with E-state index in [1.54, 1.807) is 12.1 Å². The van der Waals surface area contributed by atoms with E-state index in [-0.39, 0.29) is 15.6 Å². The summed E-state index contributed by atoms with van der Waals surface area (Å²) in [5.41, 5.74) is 1.15. The summed E-state index contributed by atoms with van der Waals surface area (Å²) in [6.45, 7) is 1.83. The minimum absolute atomic E-state index is 0.0744. The lowest BCUT2D eigenvalue weighted by Crippen LogP contribution is -2.23. The Balaban J connectivity index is 2.10. The van der Waals surface area contributed by atoms with Crippen LogP contribution in [0.5, 0.6) is 0 Å². The van der Waals surface area contributed by atoms with E-state index < -0.39 is 27.3 Å². The van der Waals surface area contributed by atoms with Gasteiger partial charge in [0, 0.05) is 5.69 Å². The summed E-state index contributed by atoms with van der Waals surface area (Å²) in [7, 11) is -3.73. The fourth-order valence-electron chi connectivity index (χ4n) is 1.77. The standard InChI is InChI=1S/C15H13ClFNO3S/c1-10-2-5-12(6-3-10)22(20,21)9-15(19)18-11-4-7-14(17)13(16)8-11/h2-8H,9H2,1H3,(H,18,19). The maximum Gasteiger partial charge on any atom is 0.239 e. The molecule has 2 rings (SSSR count). The number of halogens is 2. The van der Waals surface area contributed by atoms with E-state index in [4.69, 9.17) is 11.6 Å². The second kappa shape index (κ2) is 6.46. The van der Waals surface area contributed by atoms with Gasteiger partial charge in [0.1, 0.15) is 11.6 Å². The predicted octanol–water partition coefficient (Wildman–Crippen LogP) is 3.20. The first-order chi connectivity index (χ1) is 10.3. The quantitative estimate of drug-likeness (QED) is 0.928. The van der Waals surface area contributed by atoms with Gasteiger partial charge < -0.3 is 5.32 Å². The van der Waals surface area contributed by atoms with Crippen molar-refractivity contribution in [2.45, 2.75) is 11.8 Å². The highest BCUT2D eigenvalue weighted by Gasteiger charge is 2.19. The predicted molar refractivity (Wildman–Crippen MR) is 83.3 cm³/mol. The molecule has 0 fully saturated rings. The smallest absolute Gasteiger partial charge is 0.239 e. The summed E-state index contributed by atoms with van der Waals surface area (Å²) < 4.78 is 37.3. The highest BCUT2D eigenvalue weighted by atomic mass is 35.5. The van der Waals surface area contributed by atoms with Crippen LogP contribution in [0, 0.1) is 12.7 Å². The molecule has 0 aliphatic carbocycles. The van der Waals surface area contributed by atoms with Crippen molar-refractivity contribution in [3.05, 3.63) is 58.9 Å². The van der Waals surface area contributed by atoms with Crippen LogP contribution < -0.4 is 5.32 Å². The van der Waals surface area contributed by atoms with Gasteiger partial charge in [-0.15, -0.1) is 0 Å². The molecule has 1 amide bonds. The second-order valence-electron chi connectivity index (χ2n) is 4.75. The number of carbonyl (C=O) groups is 1. The van der Waals surface area contributed by atoms with Gasteiger partial charge in [0.15, 0.2) is 9.84 Å². The van der Waals surface area contributed by atoms with Gasteiger partial charge in [-0.05, 0) is 37.3 Å². The average Bonchev–Trinajstić information content (AvgIpc) is 2.42. The van der Waals surface area contributed by atoms with E-state index in [1.165, 1.54) is 24.3 Å². The molecule has 2 aromatic rings. The van der Waals surface area contributed by atoms with Crippen molar-refractivity contribution in [1.82, 2.24) is 0 Å². The van der Waals surface area contributed by atoms with E-state index in [1.807, 2.05) is 6.92 Å². The molecule has 0 heterocycles. The third-order valence-electron chi connectivity index (χ3n) is 2.90. The number of anilines is 1. The van der Waals surface area contributed by atoms with Gasteiger partial charge in [0.2, 0.25) is 5.91 Å². The van der Waals surface area contributed by atoms with E-state index in [2.05, 4.69) is 5.32 Å². The zero-order valence-electron chi connectivity index (χ0n) is 11.6. The van der Waals surface area contributed by atoms with Crippen LogP contribution in [0.1, 0.15) is 5.56 Å². The molecular formula is C15H13ClFNO3S. The molecule has 0 unspecified atom stereocenters. The lowest BCUT2D eigenvalue weighted by Gasteiger charge is -2.07. The average molecular weight is 342 g/mol. The van der Waals surface area contributed by atoms with Crippen molar-refractivity contribution in [2.75, 3.05) is 11.1 Å². The van der Waals surface area contributed by atoms with Crippen molar-refractivity contribution >= 4 is 33.0 Å². The minimum atomic E-state index is -3.73. The molecule has 0 bridgehead atoms. The van der Waals surface area contributed by atoms with Crippen LogP contribution in [0.3, 0.4) is 0 Å². The third kappa shape index (κ3) is 4.05. The number of aryl methyl sites for hydroxylation is 1. The topological polar surface area (TPSA) is 63.2 Å². The maximum absolute atomic E-state index is 13.0. The molecule has 2 aromatic carbocycles. The molecule has 0 atom stereocenters. The molecule has 22 heavy (non-hydrogen) atoms. The first-order valence-electron chi connectivity index (χ1n) is 6.32. The van der Waals surface area contributed by atoms with Gasteiger partial charge in [0.05, 0.1) is 9.92 Å².